The first kappa shape index (κ1) is 14.0. The van der Waals surface area contributed by atoms with E-state index >= 15 is 0 Å². The molecule has 1 aliphatic heterocycles. The van der Waals surface area contributed by atoms with E-state index in [1.807, 2.05) is 0 Å². The molecule has 0 aliphatic carbocycles. The molecule has 0 aromatic heterocycles. The summed E-state index contributed by atoms with van der Waals surface area (Å²) in [6.07, 6.45) is 1.85. The van der Waals surface area contributed by atoms with Gasteiger partial charge in [-0.2, -0.15) is 5.10 Å². The number of rotatable bonds is 3. The highest BCUT2D eigenvalue weighted by Crippen LogP contribution is 2.10. The van der Waals surface area contributed by atoms with Crippen LogP contribution in [0.4, 0.5) is 0 Å². The number of nitrogens with zero attached hydrogens (tertiary/aromatic N) is 2. The minimum absolute atomic E-state index is 0.193. The van der Waals surface area contributed by atoms with Gasteiger partial charge in [-0.25, -0.2) is 5.43 Å². The molecule has 1 heterocycles. The number of likely N-dealkylation sites (tertiary alicyclic amines) is 1. The Morgan fingerprint density at radius 3 is 2.53 bits per heavy atom. The van der Waals surface area contributed by atoms with Gasteiger partial charge in [0, 0.05) is 42.2 Å². The SMILES string of the molecule is CCN1CCC(=NNC(=O)c2ccc(Cl)cc2)CC1. The maximum Gasteiger partial charge on any atom is 0.271 e. The second-order valence-corrected chi connectivity index (χ2v) is 5.00. The summed E-state index contributed by atoms with van der Waals surface area (Å²) in [6, 6.07) is 6.78. The molecule has 102 valence electrons. The van der Waals surface area contributed by atoms with Crippen molar-refractivity contribution in [2.45, 2.75) is 19.8 Å². The fraction of sp³-hybridized carbons (Fsp3) is 0.429. The number of carbonyl (C=O) groups excluding carboxylic acids is 1. The van der Waals surface area contributed by atoms with Crippen LogP contribution < -0.4 is 5.43 Å². The summed E-state index contributed by atoms with van der Waals surface area (Å²) >= 11 is 5.78. The summed E-state index contributed by atoms with van der Waals surface area (Å²) in [5.74, 6) is -0.193. The largest absolute Gasteiger partial charge is 0.303 e. The van der Waals surface area contributed by atoms with Gasteiger partial charge in [-0.15, -0.1) is 0 Å². The summed E-state index contributed by atoms with van der Waals surface area (Å²) in [6.45, 7) is 5.27. The molecule has 0 unspecified atom stereocenters. The Morgan fingerprint density at radius 2 is 1.95 bits per heavy atom. The van der Waals surface area contributed by atoms with Crippen molar-refractivity contribution in [1.29, 1.82) is 0 Å². The third kappa shape index (κ3) is 4.04. The second kappa shape index (κ2) is 6.68. The number of hydrazone groups is 1. The summed E-state index contributed by atoms with van der Waals surface area (Å²) in [5.41, 5.74) is 4.24. The Morgan fingerprint density at radius 1 is 1.32 bits per heavy atom. The van der Waals surface area contributed by atoms with Crippen LogP contribution in [0.3, 0.4) is 0 Å². The lowest BCUT2D eigenvalue weighted by Crippen LogP contribution is -2.34. The van der Waals surface area contributed by atoms with E-state index in [1.54, 1.807) is 24.3 Å². The number of amides is 1. The zero-order valence-corrected chi connectivity index (χ0v) is 11.8. The van der Waals surface area contributed by atoms with Crippen LogP contribution in [0.2, 0.25) is 5.02 Å². The zero-order chi connectivity index (χ0) is 13.7. The zero-order valence-electron chi connectivity index (χ0n) is 11.0. The Hall–Kier alpha value is -1.39. The molecule has 1 aromatic carbocycles. The van der Waals surface area contributed by atoms with Gasteiger partial charge in [0.25, 0.3) is 5.91 Å². The lowest BCUT2D eigenvalue weighted by atomic mass is 10.1. The lowest BCUT2D eigenvalue weighted by molar-refractivity contribution is 0.0954. The average molecular weight is 280 g/mol. The third-order valence-electron chi connectivity index (χ3n) is 3.30. The Balaban J connectivity index is 1.88. The van der Waals surface area contributed by atoms with E-state index in [1.165, 1.54) is 0 Å². The van der Waals surface area contributed by atoms with Crippen molar-refractivity contribution in [3.05, 3.63) is 34.9 Å². The molecule has 0 saturated carbocycles. The maximum atomic E-state index is 11.8. The Labute approximate surface area is 118 Å². The van der Waals surface area contributed by atoms with E-state index in [2.05, 4.69) is 22.4 Å². The molecule has 0 atom stereocenters. The van der Waals surface area contributed by atoms with Crippen LogP contribution in [0.25, 0.3) is 0 Å². The van der Waals surface area contributed by atoms with Gasteiger partial charge in [0.05, 0.1) is 0 Å². The molecule has 5 heteroatoms. The number of halogens is 1. The highest BCUT2D eigenvalue weighted by atomic mass is 35.5. The maximum absolute atomic E-state index is 11.8. The van der Waals surface area contributed by atoms with Crippen LogP contribution >= 0.6 is 11.6 Å². The van der Waals surface area contributed by atoms with Gasteiger partial charge >= 0.3 is 0 Å². The van der Waals surface area contributed by atoms with E-state index in [4.69, 9.17) is 11.6 Å². The van der Waals surface area contributed by atoms with Gasteiger partial charge in [-0.3, -0.25) is 4.79 Å². The van der Waals surface area contributed by atoms with Crippen LogP contribution in [-0.2, 0) is 0 Å². The minimum Gasteiger partial charge on any atom is -0.303 e. The van der Waals surface area contributed by atoms with Gasteiger partial charge < -0.3 is 4.90 Å². The van der Waals surface area contributed by atoms with Crippen LogP contribution in [0.5, 0.6) is 0 Å². The Bertz CT molecular complexity index is 460. The number of benzene rings is 1. The van der Waals surface area contributed by atoms with E-state index in [9.17, 15) is 4.79 Å². The van der Waals surface area contributed by atoms with Crippen molar-refractivity contribution >= 4 is 23.2 Å². The van der Waals surface area contributed by atoms with Crippen LogP contribution in [0, 0.1) is 0 Å². The number of nitrogens with one attached hydrogen (secondary N) is 1. The van der Waals surface area contributed by atoms with Crippen LogP contribution in [0.1, 0.15) is 30.1 Å². The highest BCUT2D eigenvalue weighted by Gasteiger charge is 2.13. The molecule has 2 rings (SSSR count). The molecule has 1 saturated heterocycles. The summed E-state index contributed by atoms with van der Waals surface area (Å²) in [4.78, 5) is 14.2. The molecular formula is C14H18ClN3O. The monoisotopic (exact) mass is 279 g/mol. The van der Waals surface area contributed by atoms with E-state index < -0.39 is 0 Å². The predicted molar refractivity (Wildman–Crippen MR) is 77.7 cm³/mol. The first-order chi connectivity index (χ1) is 9.19. The molecule has 1 N–H and O–H groups in total. The molecule has 1 aromatic rings. The fourth-order valence-corrected chi connectivity index (χ4v) is 2.16. The fourth-order valence-electron chi connectivity index (χ4n) is 2.03. The standard InChI is InChI=1S/C14H18ClN3O/c1-2-18-9-7-13(8-10-18)16-17-14(19)11-3-5-12(15)6-4-11/h3-6H,2,7-10H2,1H3,(H,17,19). The van der Waals surface area contributed by atoms with Gasteiger partial charge in [-0.1, -0.05) is 18.5 Å². The van der Waals surface area contributed by atoms with Gasteiger partial charge in [-0.05, 0) is 30.8 Å². The van der Waals surface area contributed by atoms with Crippen molar-refractivity contribution in [3.8, 4) is 0 Å². The van der Waals surface area contributed by atoms with Gasteiger partial charge in [0.15, 0.2) is 0 Å². The average Bonchev–Trinajstić information content (AvgIpc) is 2.46. The number of hydrogen-bond donors (Lipinski definition) is 1. The van der Waals surface area contributed by atoms with Crippen molar-refractivity contribution in [1.82, 2.24) is 10.3 Å². The first-order valence-electron chi connectivity index (χ1n) is 6.52. The van der Waals surface area contributed by atoms with Crippen LogP contribution in [0.15, 0.2) is 29.4 Å². The smallest absolute Gasteiger partial charge is 0.271 e. The summed E-state index contributed by atoms with van der Waals surface area (Å²) in [7, 11) is 0. The summed E-state index contributed by atoms with van der Waals surface area (Å²) in [5, 5.41) is 4.83. The van der Waals surface area contributed by atoms with Gasteiger partial charge in [0.2, 0.25) is 0 Å². The molecule has 1 aliphatic rings. The quantitative estimate of drug-likeness (QED) is 0.864. The molecule has 0 spiro atoms. The van der Waals surface area contributed by atoms with E-state index in [0.29, 0.717) is 10.6 Å². The Kier molecular flexibility index (Phi) is 4.93. The van der Waals surface area contributed by atoms with Crippen LogP contribution in [-0.4, -0.2) is 36.2 Å². The van der Waals surface area contributed by atoms with Crippen molar-refractivity contribution in [2.75, 3.05) is 19.6 Å². The van der Waals surface area contributed by atoms with Crippen molar-refractivity contribution < 1.29 is 4.79 Å². The van der Waals surface area contributed by atoms with Crippen molar-refractivity contribution in [3.63, 3.8) is 0 Å². The van der Waals surface area contributed by atoms with Crippen molar-refractivity contribution in [2.24, 2.45) is 5.10 Å². The minimum atomic E-state index is -0.193. The molecule has 4 nitrogen and oxygen atoms in total. The molecule has 0 radical (unpaired) electrons. The topological polar surface area (TPSA) is 44.7 Å². The third-order valence-corrected chi connectivity index (χ3v) is 3.55. The molecule has 1 fully saturated rings. The molecular weight excluding hydrogens is 262 g/mol. The summed E-state index contributed by atoms with van der Waals surface area (Å²) < 4.78 is 0. The lowest BCUT2D eigenvalue weighted by Gasteiger charge is -2.25. The van der Waals surface area contributed by atoms with Gasteiger partial charge in [0.1, 0.15) is 0 Å². The van der Waals surface area contributed by atoms with E-state index in [-0.39, 0.29) is 5.91 Å². The first-order valence-corrected chi connectivity index (χ1v) is 6.90. The molecule has 0 bridgehead atoms. The normalized spacial score (nSPS) is 16.2. The predicted octanol–water partition coefficient (Wildman–Crippen LogP) is 2.54. The van der Waals surface area contributed by atoms with E-state index in [0.717, 1.165) is 38.2 Å². The molecule has 19 heavy (non-hydrogen) atoms. The second-order valence-electron chi connectivity index (χ2n) is 4.56. The number of hydrogen-bond acceptors (Lipinski definition) is 3. The number of piperidine rings is 1. The molecule has 1 amide bonds. The highest BCUT2D eigenvalue weighted by molar-refractivity contribution is 6.30. The number of carbonyl (C=O) groups is 1.